The van der Waals surface area contributed by atoms with Gasteiger partial charge in [-0.2, -0.15) is 13.2 Å². The molecule has 0 aliphatic carbocycles. The number of hydrogen-bond donors (Lipinski definition) is 1. The Morgan fingerprint density at radius 2 is 1.90 bits per heavy atom. The zero-order valence-corrected chi connectivity index (χ0v) is 13.3. The quantitative estimate of drug-likeness (QED) is 0.838. The monoisotopic (exact) mass is 353 g/mol. The van der Waals surface area contributed by atoms with Crippen molar-refractivity contribution in [2.75, 3.05) is 6.61 Å². The third kappa shape index (κ3) is 5.71. The first-order valence-electron chi connectivity index (χ1n) is 6.27. The summed E-state index contributed by atoms with van der Waals surface area (Å²) in [6.07, 6.45) is -3.76. The molecule has 1 aromatic carbocycles. The van der Waals surface area contributed by atoms with Crippen LogP contribution in [-0.4, -0.2) is 12.1 Å². The van der Waals surface area contributed by atoms with Gasteiger partial charge < -0.3 is 10.5 Å². The van der Waals surface area contributed by atoms with Crippen molar-refractivity contribution >= 4 is 15.9 Å². The van der Waals surface area contributed by atoms with E-state index >= 15 is 0 Å². The molecule has 114 valence electrons. The van der Waals surface area contributed by atoms with Crippen LogP contribution in [0.25, 0.3) is 0 Å². The second-order valence-corrected chi connectivity index (χ2v) is 6.66. The number of nitrogens with two attached hydrogens (primary N) is 1. The molecule has 20 heavy (non-hydrogen) atoms. The van der Waals surface area contributed by atoms with Crippen LogP contribution < -0.4 is 10.5 Å². The van der Waals surface area contributed by atoms with E-state index in [1.807, 2.05) is 20.8 Å². The molecule has 0 fully saturated rings. The molecule has 0 heterocycles. The lowest BCUT2D eigenvalue weighted by Crippen LogP contribution is -2.35. The van der Waals surface area contributed by atoms with Crippen LogP contribution in [0.4, 0.5) is 13.2 Å². The highest BCUT2D eigenvalue weighted by atomic mass is 79.9. The predicted molar refractivity (Wildman–Crippen MR) is 76.7 cm³/mol. The van der Waals surface area contributed by atoms with Gasteiger partial charge in [-0.3, -0.25) is 0 Å². The lowest BCUT2D eigenvalue weighted by Gasteiger charge is -2.24. The van der Waals surface area contributed by atoms with Gasteiger partial charge in [-0.15, -0.1) is 0 Å². The van der Waals surface area contributed by atoms with Gasteiger partial charge in [-0.05, 0) is 44.4 Å². The summed E-state index contributed by atoms with van der Waals surface area (Å²) in [6.45, 7) is 5.86. The van der Waals surface area contributed by atoms with E-state index in [9.17, 15) is 13.2 Å². The van der Waals surface area contributed by atoms with Gasteiger partial charge in [-0.25, -0.2) is 0 Å². The van der Waals surface area contributed by atoms with Gasteiger partial charge in [0.25, 0.3) is 0 Å². The lowest BCUT2D eigenvalue weighted by atomic mass is 9.93. The van der Waals surface area contributed by atoms with Gasteiger partial charge in [0.05, 0.1) is 12.2 Å². The fraction of sp³-hybridized carbons (Fsp3) is 0.571. The van der Waals surface area contributed by atoms with Crippen molar-refractivity contribution in [3.63, 3.8) is 0 Å². The summed E-state index contributed by atoms with van der Waals surface area (Å²) >= 11 is 3.04. The molecule has 0 saturated carbocycles. The van der Waals surface area contributed by atoms with Crippen molar-refractivity contribution < 1.29 is 17.9 Å². The molecule has 1 aromatic rings. The molecule has 0 radical (unpaired) electrons. The first kappa shape index (κ1) is 17.3. The number of hydrogen-bond acceptors (Lipinski definition) is 2. The summed E-state index contributed by atoms with van der Waals surface area (Å²) in [7, 11) is 0. The molecule has 0 aromatic heterocycles. The molecule has 0 aliphatic heterocycles. The Balaban J connectivity index is 2.78. The zero-order valence-electron chi connectivity index (χ0n) is 11.7. The number of halogens is 4. The molecule has 0 unspecified atom stereocenters. The van der Waals surface area contributed by atoms with Crippen LogP contribution >= 0.6 is 15.9 Å². The summed E-state index contributed by atoms with van der Waals surface area (Å²) in [6, 6.07) is 3.88. The fourth-order valence-corrected chi connectivity index (χ4v) is 2.40. The Bertz CT molecular complexity index is 455. The molecule has 0 bridgehead atoms. The van der Waals surface area contributed by atoms with Gasteiger partial charge in [0, 0.05) is 10.0 Å². The van der Waals surface area contributed by atoms with Gasteiger partial charge in [0.1, 0.15) is 5.75 Å². The standard InChI is InChI=1S/C14H19BrF3NO/c1-9(7-13(2,3)19)8-20-12-5-4-10(15)6-11(12)14(16,17)18/h4-6,9H,7-8,19H2,1-3H3/t9-/m0/s1. The van der Waals surface area contributed by atoms with E-state index in [1.165, 1.54) is 12.1 Å². The van der Waals surface area contributed by atoms with Gasteiger partial charge in [0.2, 0.25) is 0 Å². The number of rotatable bonds is 5. The van der Waals surface area contributed by atoms with Gasteiger partial charge in [-0.1, -0.05) is 22.9 Å². The highest BCUT2D eigenvalue weighted by molar-refractivity contribution is 9.10. The Labute approximate surface area is 125 Å². The van der Waals surface area contributed by atoms with E-state index in [2.05, 4.69) is 15.9 Å². The molecule has 1 atom stereocenters. The molecule has 2 nitrogen and oxygen atoms in total. The Morgan fingerprint density at radius 3 is 2.40 bits per heavy atom. The average molecular weight is 354 g/mol. The Hall–Kier alpha value is -0.750. The maximum atomic E-state index is 12.9. The Kier molecular flexibility index (Phi) is 5.49. The minimum absolute atomic E-state index is 0.0692. The van der Waals surface area contributed by atoms with Crippen molar-refractivity contribution in [1.82, 2.24) is 0 Å². The minimum Gasteiger partial charge on any atom is -0.493 e. The van der Waals surface area contributed by atoms with E-state index in [0.717, 1.165) is 6.07 Å². The Morgan fingerprint density at radius 1 is 1.30 bits per heavy atom. The number of benzene rings is 1. The van der Waals surface area contributed by atoms with Crippen molar-refractivity contribution in [2.45, 2.75) is 38.9 Å². The molecular formula is C14H19BrF3NO. The smallest absolute Gasteiger partial charge is 0.420 e. The van der Waals surface area contributed by atoms with Crippen molar-refractivity contribution in [3.05, 3.63) is 28.2 Å². The van der Waals surface area contributed by atoms with Crippen LogP contribution in [0.3, 0.4) is 0 Å². The second kappa shape index (κ2) is 6.35. The number of alkyl halides is 3. The molecule has 2 N–H and O–H groups in total. The third-order valence-electron chi connectivity index (χ3n) is 2.64. The van der Waals surface area contributed by atoms with Crippen molar-refractivity contribution in [2.24, 2.45) is 11.7 Å². The van der Waals surface area contributed by atoms with E-state index < -0.39 is 11.7 Å². The third-order valence-corrected chi connectivity index (χ3v) is 3.14. The van der Waals surface area contributed by atoms with Crippen molar-refractivity contribution in [1.29, 1.82) is 0 Å². The second-order valence-electron chi connectivity index (χ2n) is 5.75. The van der Waals surface area contributed by atoms with E-state index in [4.69, 9.17) is 10.5 Å². The van der Waals surface area contributed by atoms with Crippen molar-refractivity contribution in [3.8, 4) is 5.75 Å². The van der Waals surface area contributed by atoms with Gasteiger partial charge >= 0.3 is 6.18 Å². The van der Waals surface area contributed by atoms with E-state index in [-0.39, 0.29) is 23.8 Å². The lowest BCUT2D eigenvalue weighted by molar-refractivity contribution is -0.139. The first-order valence-corrected chi connectivity index (χ1v) is 7.07. The topological polar surface area (TPSA) is 35.2 Å². The van der Waals surface area contributed by atoms with Gasteiger partial charge in [0.15, 0.2) is 0 Å². The minimum atomic E-state index is -4.44. The highest BCUT2D eigenvalue weighted by Gasteiger charge is 2.34. The van der Waals surface area contributed by atoms with Crippen LogP contribution in [-0.2, 0) is 6.18 Å². The fourth-order valence-electron chi connectivity index (χ4n) is 2.04. The van der Waals surface area contributed by atoms with Crippen LogP contribution in [0.5, 0.6) is 5.75 Å². The molecule has 0 spiro atoms. The SMILES string of the molecule is C[C@H](COc1ccc(Br)cc1C(F)(F)F)CC(C)(C)N. The van der Waals surface area contributed by atoms with E-state index in [0.29, 0.717) is 10.9 Å². The average Bonchev–Trinajstić information content (AvgIpc) is 2.23. The first-order chi connectivity index (χ1) is 8.99. The summed E-state index contributed by atoms with van der Waals surface area (Å²) in [5, 5.41) is 0. The van der Waals surface area contributed by atoms with Crippen LogP contribution in [0, 0.1) is 5.92 Å². The summed E-state index contributed by atoms with van der Waals surface area (Å²) in [5.41, 5.74) is 4.74. The molecular weight excluding hydrogens is 335 g/mol. The maximum absolute atomic E-state index is 12.9. The molecule has 6 heteroatoms. The summed E-state index contributed by atoms with van der Waals surface area (Å²) < 4.78 is 44.4. The molecule has 1 rings (SSSR count). The number of ether oxygens (including phenoxy) is 1. The molecule has 0 aliphatic rings. The zero-order chi connectivity index (χ0) is 15.6. The maximum Gasteiger partial charge on any atom is 0.420 e. The van der Waals surface area contributed by atoms with E-state index in [1.54, 1.807) is 0 Å². The largest absolute Gasteiger partial charge is 0.493 e. The normalized spacial score (nSPS) is 14.2. The van der Waals surface area contributed by atoms with Crippen LogP contribution in [0.2, 0.25) is 0 Å². The summed E-state index contributed by atoms with van der Waals surface area (Å²) in [4.78, 5) is 0. The van der Waals surface area contributed by atoms with Crippen LogP contribution in [0.15, 0.2) is 22.7 Å². The van der Waals surface area contributed by atoms with Crippen LogP contribution in [0.1, 0.15) is 32.8 Å². The molecule has 0 amide bonds. The predicted octanol–water partition coefficient (Wildman–Crippen LogP) is 4.61. The molecule has 0 saturated heterocycles. The summed E-state index contributed by atoms with van der Waals surface area (Å²) in [5.74, 6) is -0.0814. The highest BCUT2D eigenvalue weighted by Crippen LogP contribution is 2.38.